The van der Waals surface area contributed by atoms with E-state index in [0.717, 1.165) is 11.1 Å². The Morgan fingerprint density at radius 1 is 0.875 bits per heavy atom. The summed E-state index contributed by atoms with van der Waals surface area (Å²) in [5.74, 6) is 0. The Balaban J connectivity index is 2.67. The van der Waals surface area contributed by atoms with E-state index in [1.165, 1.54) is 0 Å². The molecule has 0 aliphatic carbocycles. The number of benzene rings is 2. The Labute approximate surface area is 104 Å². The molecule has 0 aliphatic rings. The molecule has 0 radical (unpaired) electrons. The van der Waals surface area contributed by atoms with Crippen LogP contribution in [-0.2, 0) is 0 Å². The summed E-state index contributed by atoms with van der Waals surface area (Å²) in [6.45, 7) is 0. The van der Waals surface area contributed by atoms with Gasteiger partial charge in [0.05, 0.1) is 10.7 Å². The summed E-state index contributed by atoms with van der Waals surface area (Å²) < 4.78 is 0. The lowest BCUT2D eigenvalue weighted by Crippen LogP contribution is -1.91. The van der Waals surface area contributed by atoms with Crippen LogP contribution in [0.4, 0.5) is 11.4 Å². The van der Waals surface area contributed by atoms with Gasteiger partial charge in [-0.3, -0.25) is 0 Å². The van der Waals surface area contributed by atoms with Gasteiger partial charge in [-0.15, -0.1) is 0 Å². The molecular weight excluding hydrogens is 243 g/mol. The minimum absolute atomic E-state index is 0.495. The number of nitrogen functional groups attached to an aromatic ring is 2. The Bertz CT molecular complexity index is 539. The van der Waals surface area contributed by atoms with E-state index in [-0.39, 0.29) is 0 Å². The number of rotatable bonds is 1. The van der Waals surface area contributed by atoms with Crippen LogP contribution in [-0.4, -0.2) is 0 Å². The lowest BCUT2D eigenvalue weighted by Gasteiger charge is -2.09. The highest BCUT2D eigenvalue weighted by atomic mass is 35.5. The van der Waals surface area contributed by atoms with Crippen molar-refractivity contribution in [2.75, 3.05) is 11.5 Å². The molecule has 82 valence electrons. The van der Waals surface area contributed by atoms with Crippen molar-refractivity contribution in [3.05, 3.63) is 46.4 Å². The van der Waals surface area contributed by atoms with Gasteiger partial charge in [-0.25, -0.2) is 0 Å². The van der Waals surface area contributed by atoms with Crippen LogP contribution < -0.4 is 11.5 Å². The number of hydrogen-bond acceptors (Lipinski definition) is 2. The van der Waals surface area contributed by atoms with Crippen molar-refractivity contribution in [2.24, 2.45) is 0 Å². The number of halogens is 2. The van der Waals surface area contributed by atoms with Crippen molar-refractivity contribution in [1.29, 1.82) is 0 Å². The van der Waals surface area contributed by atoms with Crippen molar-refractivity contribution in [2.45, 2.75) is 0 Å². The van der Waals surface area contributed by atoms with Gasteiger partial charge >= 0.3 is 0 Å². The number of nitrogens with two attached hydrogens (primary N) is 2. The van der Waals surface area contributed by atoms with Gasteiger partial charge in [0.15, 0.2) is 0 Å². The first-order chi connectivity index (χ1) is 7.59. The smallest absolute Gasteiger partial charge is 0.0714 e. The molecule has 2 rings (SSSR count). The zero-order chi connectivity index (χ0) is 11.7. The van der Waals surface area contributed by atoms with Gasteiger partial charge in [-0.05, 0) is 24.3 Å². The van der Waals surface area contributed by atoms with Crippen molar-refractivity contribution in [1.82, 2.24) is 0 Å². The molecule has 0 bridgehead atoms. The molecule has 0 heterocycles. The predicted molar refractivity (Wildman–Crippen MR) is 70.7 cm³/mol. The minimum Gasteiger partial charge on any atom is -0.399 e. The first-order valence-corrected chi connectivity index (χ1v) is 5.44. The third-order valence-electron chi connectivity index (χ3n) is 2.31. The van der Waals surface area contributed by atoms with Crippen molar-refractivity contribution in [3.63, 3.8) is 0 Å². The third kappa shape index (κ3) is 1.94. The summed E-state index contributed by atoms with van der Waals surface area (Å²) in [7, 11) is 0. The molecule has 2 nitrogen and oxygen atoms in total. The van der Waals surface area contributed by atoms with E-state index in [0.29, 0.717) is 21.4 Å². The van der Waals surface area contributed by atoms with Crippen LogP contribution in [0.3, 0.4) is 0 Å². The van der Waals surface area contributed by atoms with Crippen LogP contribution in [0.2, 0.25) is 10.0 Å². The molecule has 2 aromatic rings. The average Bonchev–Trinajstić information content (AvgIpc) is 2.26. The van der Waals surface area contributed by atoms with Gasteiger partial charge < -0.3 is 11.5 Å². The van der Waals surface area contributed by atoms with Crippen LogP contribution in [0.5, 0.6) is 0 Å². The normalized spacial score (nSPS) is 10.4. The van der Waals surface area contributed by atoms with Crippen molar-refractivity contribution >= 4 is 34.6 Å². The molecule has 0 saturated carbocycles. The average molecular weight is 253 g/mol. The molecule has 4 heteroatoms. The molecule has 0 aromatic heterocycles. The quantitative estimate of drug-likeness (QED) is 0.759. The fourth-order valence-electron chi connectivity index (χ4n) is 1.51. The topological polar surface area (TPSA) is 52.0 Å². The van der Waals surface area contributed by atoms with E-state index in [1.54, 1.807) is 24.3 Å². The highest BCUT2D eigenvalue weighted by Crippen LogP contribution is 2.36. The Kier molecular flexibility index (Phi) is 2.95. The molecule has 0 amide bonds. The zero-order valence-corrected chi connectivity index (χ0v) is 9.89. The molecule has 0 saturated heterocycles. The van der Waals surface area contributed by atoms with Crippen LogP contribution >= 0.6 is 23.2 Å². The fourth-order valence-corrected chi connectivity index (χ4v) is 1.95. The Morgan fingerprint density at radius 2 is 1.62 bits per heavy atom. The SMILES string of the molecule is Nc1ccc(Cl)c(-c2cccc(N)c2Cl)c1. The molecule has 16 heavy (non-hydrogen) atoms. The first kappa shape index (κ1) is 11.1. The van der Waals surface area contributed by atoms with E-state index < -0.39 is 0 Å². The summed E-state index contributed by atoms with van der Waals surface area (Å²) >= 11 is 12.2. The maximum absolute atomic E-state index is 6.13. The van der Waals surface area contributed by atoms with Gasteiger partial charge in [0.25, 0.3) is 0 Å². The molecular formula is C12H10Cl2N2. The van der Waals surface area contributed by atoms with Gasteiger partial charge in [0.2, 0.25) is 0 Å². The highest BCUT2D eigenvalue weighted by molar-refractivity contribution is 6.38. The van der Waals surface area contributed by atoms with Gasteiger partial charge in [-0.2, -0.15) is 0 Å². The molecule has 0 aliphatic heterocycles. The Morgan fingerprint density at radius 3 is 2.38 bits per heavy atom. The number of hydrogen-bond donors (Lipinski definition) is 2. The highest BCUT2D eigenvalue weighted by Gasteiger charge is 2.09. The first-order valence-electron chi connectivity index (χ1n) is 4.69. The summed E-state index contributed by atoms with van der Waals surface area (Å²) in [6.07, 6.45) is 0. The van der Waals surface area contributed by atoms with E-state index in [4.69, 9.17) is 34.7 Å². The molecule has 0 unspecified atom stereocenters. The van der Waals surface area contributed by atoms with Gasteiger partial charge in [0, 0.05) is 21.8 Å². The van der Waals surface area contributed by atoms with Crippen molar-refractivity contribution in [3.8, 4) is 11.1 Å². The van der Waals surface area contributed by atoms with Crippen LogP contribution in [0.1, 0.15) is 0 Å². The molecule has 2 aromatic carbocycles. The fraction of sp³-hybridized carbons (Fsp3) is 0. The second-order valence-corrected chi connectivity index (χ2v) is 4.23. The summed E-state index contributed by atoms with van der Waals surface area (Å²) in [6, 6.07) is 10.7. The zero-order valence-electron chi connectivity index (χ0n) is 8.37. The maximum atomic E-state index is 6.13. The largest absolute Gasteiger partial charge is 0.399 e. The third-order valence-corrected chi connectivity index (χ3v) is 3.06. The monoisotopic (exact) mass is 252 g/mol. The number of anilines is 2. The maximum Gasteiger partial charge on any atom is 0.0714 e. The molecule has 0 atom stereocenters. The van der Waals surface area contributed by atoms with Gasteiger partial charge in [0.1, 0.15) is 0 Å². The van der Waals surface area contributed by atoms with E-state index in [1.807, 2.05) is 12.1 Å². The van der Waals surface area contributed by atoms with E-state index >= 15 is 0 Å². The Hall–Kier alpha value is -1.38. The molecule has 0 fully saturated rings. The second-order valence-electron chi connectivity index (χ2n) is 3.45. The van der Waals surface area contributed by atoms with Crippen LogP contribution in [0.25, 0.3) is 11.1 Å². The van der Waals surface area contributed by atoms with Crippen LogP contribution in [0.15, 0.2) is 36.4 Å². The summed E-state index contributed by atoms with van der Waals surface area (Å²) in [5.41, 5.74) is 14.2. The standard InChI is InChI=1S/C12H10Cl2N2/c13-10-5-4-7(15)6-9(10)8-2-1-3-11(16)12(8)14/h1-6H,15-16H2. The lowest BCUT2D eigenvalue weighted by atomic mass is 10.0. The minimum atomic E-state index is 0.495. The summed E-state index contributed by atoms with van der Waals surface area (Å²) in [4.78, 5) is 0. The van der Waals surface area contributed by atoms with Gasteiger partial charge in [-0.1, -0.05) is 35.3 Å². The van der Waals surface area contributed by atoms with E-state index in [9.17, 15) is 0 Å². The summed E-state index contributed by atoms with van der Waals surface area (Å²) in [5, 5.41) is 1.09. The molecule has 0 spiro atoms. The predicted octanol–water partition coefficient (Wildman–Crippen LogP) is 3.82. The lowest BCUT2D eigenvalue weighted by molar-refractivity contribution is 1.60. The van der Waals surface area contributed by atoms with E-state index in [2.05, 4.69) is 0 Å². The van der Waals surface area contributed by atoms with Crippen molar-refractivity contribution < 1.29 is 0 Å². The molecule has 4 N–H and O–H groups in total. The van der Waals surface area contributed by atoms with Crippen LogP contribution in [0, 0.1) is 0 Å². The second kappa shape index (κ2) is 4.24.